The van der Waals surface area contributed by atoms with Gasteiger partial charge in [0, 0.05) is 17.1 Å². The highest BCUT2D eigenvalue weighted by Gasteiger charge is 2.20. The molecule has 0 radical (unpaired) electrons. The topological polar surface area (TPSA) is 42.7 Å². The summed E-state index contributed by atoms with van der Waals surface area (Å²) in [5.74, 6) is 0. The minimum Gasteiger partial charge on any atom is -0.308 e. The van der Waals surface area contributed by atoms with Gasteiger partial charge >= 0.3 is 0 Å². The van der Waals surface area contributed by atoms with Crippen molar-refractivity contribution in [2.24, 2.45) is 0 Å². The molecule has 4 nitrogen and oxygen atoms in total. The molecule has 0 aliphatic heterocycles. The molecule has 6 heteroatoms. The van der Waals surface area contributed by atoms with Crippen LogP contribution in [-0.2, 0) is 6.54 Å². The number of aromatic nitrogens is 3. The summed E-state index contributed by atoms with van der Waals surface area (Å²) in [7, 11) is 0. The van der Waals surface area contributed by atoms with Gasteiger partial charge in [0.25, 0.3) is 0 Å². The molecule has 0 spiro atoms. The lowest BCUT2D eigenvalue weighted by atomic mass is 10.3. The Morgan fingerprint density at radius 2 is 2.28 bits per heavy atom. The molecule has 0 bridgehead atoms. The first-order chi connectivity index (χ1) is 8.72. The summed E-state index contributed by atoms with van der Waals surface area (Å²) >= 11 is 9.58. The van der Waals surface area contributed by atoms with E-state index in [0.29, 0.717) is 11.1 Å². The van der Waals surface area contributed by atoms with E-state index in [4.69, 9.17) is 11.6 Å². The van der Waals surface area contributed by atoms with E-state index in [1.807, 2.05) is 24.4 Å². The van der Waals surface area contributed by atoms with Gasteiger partial charge in [0.05, 0.1) is 22.6 Å². The molecule has 0 saturated heterocycles. The average molecular weight is 328 g/mol. The number of rotatable bonds is 4. The standard InChI is InChI=1S/C12H12BrClN4/c13-8-1-4-11(14)12(5-8)18-7-10(16-17-18)6-15-9-2-3-9/h1,4-5,7,9,15H,2-3,6H2. The Balaban J connectivity index is 1.80. The highest BCUT2D eigenvalue weighted by atomic mass is 79.9. The van der Waals surface area contributed by atoms with Crippen molar-refractivity contribution in [1.29, 1.82) is 0 Å². The molecule has 18 heavy (non-hydrogen) atoms. The zero-order valence-electron chi connectivity index (χ0n) is 9.61. The number of benzene rings is 1. The summed E-state index contributed by atoms with van der Waals surface area (Å²) < 4.78 is 2.67. The van der Waals surface area contributed by atoms with Gasteiger partial charge in [-0.25, -0.2) is 4.68 Å². The van der Waals surface area contributed by atoms with E-state index in [1.54, 1.807) is 4.68 Å². The highest BCUT2D eigenvalue weighted by molar-refractivity contribution is 9.10. The zero-order chi connectivity index (χ0) is 12.5. The Morgan fingerprint density at radius 1 is 1.44 bits per heavy atom. The molecular formula is C12H12BrClN4. The van der Waals surface area contributed by atoms with Gasteiger partial charge in [-0.05, 0) is 31.0 Å². The number of nitrogens with one attached hydrogen (secondary N) is 1. The molecule has 1 heterocycles. The lowest BCUT2D eigenvalue weighted by molar-refractivity contribution is 0.671. The molecule has 94 valence electrons. The van der Waals surface area contributed by atoms with Gasteiger partial charge < -0.3 is 5.32 Å². The van der Waals surface area contributed by atoms with Gasteiger partial charge in [0.15, 0.2) is 0 Å². The number of halogens is 2. The normalized spacial score (nSPS) is 15.0. The van der Waals surface area contributed by atoms with Crippen molar-refractivity contribution < 1.29 is 0 Å². The second-order valence-electron chi connectivity index (χ2n) is 4.41. The molecule has 3 rings (SSSR count). The molecule has 1 N–H and O–H groups in total. The minimum atomic E-state index is 0.657. The SMILES string of the molecule is Clc1ccc(Br)cc1-n1cc(CNC2CC2)nn1. The van der Waals surface area contributed by atoms with Crippen molar-refractivity contribution in [2.45, 2.75) is 25.4 Å². The highest BCUT2D eigenvalue weighted by Crippen LogP contribution is 2.24. The second kappa shape index (κ2) is 4.99. The molecule has 1 aromatic heterocycles. The van der Waals surface area contributed by atoms with E-state index in [9.17, 15) is 0 Å². The number of hydrogen-bond donors (Lipinski definition) is 1. The fourth-order valence-electron chi connectivity index (χ4n) is 1.69. The quantitative estimate of drug-likeness (QED) is 0.939. The average Bonchev–Trinajstić information content (AvgIpc) is 3.08. The maximum atomic E-state index is 6.15. The van der Waals surface area contributed by atoms with Crippen LogP contribution in [0.4, 0.5) is 0 Å². The molecule has 1 aliphatic carbocycles. The van der Waals surface area contributed by atoms with E-state index in [1.165, 1.54) is 12.8 Å². The van der Waals surface area contributed by atoms with E-state index >= 15 is 0 Å². The molecule has 1 aromatic carbocycles. The van der Waals surface area contributed by atoms with Crippen LogP contribution in [0, 0.1) is 0 Å². The molecule has 0 unspecified atom stereocenters. The molecule has 1 saturated carbocycles. The van der Waals surface area contributed by atoms with Crippen molar-refractivity contribution in [2.75, 3.05) is 0 Å². The van der Waals surface area contributed by atoms with Crippen LogP contribution in [0.5, 0.6) is 0 Å². The Labute approximate surface area is 118 Å². The first kappa shape index (κ1) is 12.1. The first-order valence-electron chi connectivity index (χ1n) is 5.82. The summed E-state index contributed by atoms with van der Waals surface area (Å²) in [6.45, 7) is 0.760. The monoisotopic (exact) mass is 326 g/mol. The first-order valence-corrected chi connectivity index (χ1v) is 6.99. The smallest absolute Gasteiger partial charge is 0.0969 e. The third-order valence-electron chi connectivity index (χ3n) is 2.85. The maximum Gasteiger partial charge on any atom is 0.0969 e. The summed E-state index contributed by atoms with van der Waals surface area (Å²) in [6, 6.07) is 6.34. The van der Waals surface area contributed by atoms with E-state index in [2.05, 4.69) is 31.6 Å². The Hall–Kier alpha value is -0.910. The van der Waals surface area contributed by atoms with Gasteiger partial charge in [0.1, 0.15) is 0 Å². The van der Waals surface area contributed by atoms with E-state index < -0.39 is 0 Å². The molecule has 1 aliphatic rings. The fraction of sp³-hybridized carbons (Fsp3) is 0.333. The Kier molecular flexibility index (Phi) is 3.37. The summed E-state index contributed by atoms with van der Waals surface area (Å²) in [6.07, 6.45) is 4.44. The van der Waals surface area contributed by atoms with Crippen molar-refractivity contribution in [1.82, 2.24) is 20.3 Å². The van der Waals surface area contributed by atoms with Gasteiger partial charge in [-0.1, -0.05) is 32.7 Å². The lowest BCUT2D eigenvalue weighted by Crippen LogP contribution is -2.15. The Morgan fingerprint density at radius 3 is 3.06 bits per heavy atom. The van der Waals surface area contributed by atoms with Crippen LogP contribution in [0.15, 0.2) is 28.9 Å². The predicted octanol–water partition coefficient (Wildman–Crippen LogP) is 2.94. The van der Waals surface area contributed by atoms with Crippen LogP contribution in [0.25, 0.3) is 5.69 Å². The molecule has 0 amide bonds. The van der Waals surface area contributed by atoms with Crippen molar-refractivity contribution in [3.05, 3.63) is 39.6 Å². The van der Waals surface area contributed by atoms with Crippen LogP contribution in [0.3, 0.4) is 0 Å². The van der Waals surface area contributed by atoms with Crippen LogP contribution in [0.1, 0.15) is 18.5 Å². The van der Waals surface area contributed by atoms with Crippen molar-refractivity contribution in [3.63, 3.8) is 0 Å². The fourth-order valence-corrected chi connectivity index (χ4v) is 2.25. The zero-order valence-corrected chi connectivity index (χ0v) is 11.9. The van der Waals surface area contributed by atoms with Crippen LogP contribution in [0.2, 0.25) is 5.02 Å². The molecule has 0 atom stereocenters. The van der Waals surface area contributed by atoms with Crippen molar-refractivity contribution >= 4 is 27.5 Å². The summed E-state index contributed by atoms with van der Waals surface area (Å²) in [4.78, 5) is 0. The molecular weight excluding hydrogens is 316 g/mol. The van der Waals surface area contributed by atoms with Gasteiger partial charge in [-0.3, -0.25) is 0 Å². The summed E-state index contributed by atoms with van der Waals surface area (Å²) in [5, 5.41) is 12.3. The lowest BCUT2D eigenvalue weighted by Gasteiger charge is -2.03. The second-order valence-corrected chi connectivity index (χ2v) is 5.73. The number of nitrogens with zero attached hydrogens (tertiary/aromatic N) is 3. The van der Waals surface area contributed by atoms with E-state index in [-0.39, 0.29) is 0 Å². The van der Waals surface area contributed by atoms with E-state index in [0.717, 1.165) is 22.4 Å². The van der Waals surface area contributed by atoms with Crippen LogP contribution >= 0.6 is 27.5 Å². The molecule has 1 fully saturated rings. The van der Waals surface area contributed by atoms with Gasteiger partial charge in [-0.15, -0.1) is 5.10 Å². The third kappa shape index (κ3) is 2.74. The minimum absolute atomic E-state index is 0.657. The maximum absolute atomic E-state index is 6.15. The third-order valence-corrected chi connectivity index (χ3v) is 3.66. The van der Waals surface area contributed by atoms with Crippen LogP contribution in [-0.4, -0.2) is 21.0 Å². The molecule has 2 aromatic rings. The summed E-state index contributed by atoms with van der Waals surface area (Å²) in [5.41, 5.74) is 1.76. The Bertz CT molecular complexity index is 565. The van der Waals surface area contributed by atoms with Gasteiger partial charge in [0.2, 0.25) is 0 Å². The number of hydrogen-bond acceptors (Lipinski definition) is 3. The van der Waals surface area contributed by atoms with Crippen molar-refractivity contribution in [3.8, 4) is 5.69 Å². The largest absolute Gasteiger partial charge is 0.308 e. The predicted molar refractivity (Wildman–Crippen MR) is 73.9 cm³/mol. The van der Waals surface area contributed by atoms with Gasteiger partial charge in [-0.2, -0.15) is 0 Å². The van der Waals surface area contributed by atoms with Crippen LogP contribution < -0.4 is 5.32 Å².